The Morgan fingerprint density at radius 2 is 0.495 bits per heavy atom. The van der Waals surface area contributed by atoms with E-state index in [4.69, 9.17) is 37.0 Å². The van der Waals surface area contributed by atoms with Gasteiger partial charge in [-0.1, -0.05) is 330 Å². The van der Waals surface area contributed by atoms with Crippen LogP contribution in [0.4, 0.5) is 0 Å². The number of unbranched alkanes of at least 4 members (excludes halogenated alkanes) is 43. The number of hydrogen-bond acceptors (Lipinski definition) is 15. The number of rotatable bonds is 73. The molecule has 0 aromatic heterocycles. The van der Waals surface area contributed by atoms with E-state index in [1.807, 2.05) is 0 Å². The molecular weight excluding hydrogens is 1220 g/mol. The van der Waals surface area contributed by atoms with Crippen LogP contribution in [0.25, 0.3) is 0 Å². The Morgan fingerprint density at radius 1 is 0.290 bits per heavy atom. The average molecular weight is 1370 g/mol. The Balaban J connectivity index is 5.20. The number of aliphatic hydroxyl groups is 1. The molecule has 0 aromatic carbocycles. The summed E-state index contributed by atoms with van der Waals surface area (Å²) in [6.07, 6.45) is 52.8. The van der Waals surface area contributed by atoms with Crippen LogP contribution in [0.1, 0.15) is 382 Å². The maximum absolute atomic E-state index is 13.1. The Morgan fingerprint density at radius 3 is 0.731 bits per heavy atom. The van der Waals surface area contributed by atoms with Gasteiger partial charge in [-0.05, 0) is 37.5 Å². The third-order valence-corrected chi connectivity index (χ3v) is 19.1. The zero-order valence-corrected chi connectivity index (χ0v) is 62.3. The van der Waals surface area contributed by atoms with Crippen LogP contribution < -0.4 is 0 Å². The summed E-state index contributed by atoms with van der Waals surface area (Å²) in [6, 6.07) is 0. The number of esters is 4. The van der Waals surface area contributed by atoms with Crippen molar-refractivity contribution in [1.29, 1.82) is 0 Å². The molecule has 0 radical (unpaired) electrons. The van der Waals surface area contributed by atoms with Gasteiger partial charge in [0, 0.05) is 25.7 Å². The van der Waals surface area contributed by atoms with Crippen molar-refractivity contribution in [2.75, 3.05) is 39.6 Å². The summed E-state index contributed by atoms with van der Waals surface area (Å²) in [5, 5.41) is 10.6. The fourth-order valence-corrected chi connectivity index (χ4v) is 12.9. The molecule has 0 saturated heterocycles. The van der Waals surface area contributed by atoms with Gasteiger partial charge in [-0.2, -0.15) is 0 Å². The normalized spacial score (nSPS) is 14.1. The second kappa shape index (κ2) is 66.0. The first-order valence-corrected chi connectivity index (χ1v) is 41.5. The second-order valence-electron chi connectivity index (χ2n) is 27.6. The zero-order chi connectivity index (χ0) is 68.6. The number of ether oxygens (including phenoxy) is 4. The van der Waals surface area contributed by atoms with E-state index in [2.05, 4.69) is 41.5 Å². The van der Waals surface area contributed by atoms with Gasteiger partial charge in [0.15, 0.2) is 12.2 Å². The summed E-state index contributed by atoms with van der Waals surface area (Å²) in [7, 11) is -9.90. The van der Waals surface area contributed by atoms with E-state index in [-0.39, 0.29) is 25.7 Å². The van der Waals surface area contributed by atoms with Gasteiger partial charge in [0.2, 0.25) is 0 Å². The van der Waals surface area contributed by atoms with E-state index in [0.29, 0.717) is 25.7 Å². The van der Waals surface area contributed by atoms with Crippen molar-refractivity contribution in [3.63, 3.8) is 0 Å². The van der Waals surface area contributed by atoms with Crippen molar-refractivity contribution in [2.24, 2.45) is 11.8 Å². The molecule has 0 aliphatic carbocycles. The number of hydrogen-bond donors (Lipinski definition) is 3. The SMILES string of the molecule is CCCCCCCCCCCCCCCCCCCCCC(=O)O[C@H](COC(=O)CCCCCCCCCCCCCC(C)C)COP(=O)(O)OC[C@@H](O)COP(=O)(O)OC[C@@H](COC(=O)CCCCCCCCCC)OC(=O)CCCCCCCCCCCC(C)C. The predicted molar refractivity (Wildman–Crippen MR) is 377 cm³/mol. The molecule has 552 valence electrons. The second-order valence-corrected chi connectivity index (χ2v) is 30.5. The maximum atomic E-state index is 13.1. The highest BCUT2D eigenvalue weighted by Crippen LogP contribution is 2.45. The van der Waals surface area contributed by atoms with Crippen LogP contribution >= 0.6 is 15.6 Å². The van der Waals surface area contributed by atoms with Crippen molar-refractivity contribution in [3.8, 4) is 0 Å². The summed E-state index contributed by atoms with van der Waals surface area (Å²) in [5.41, 5.74) is 0. The molecule has 0 heterocycles. The molecule has 5 atom stereocenters. The molecule has 2 unspecified atom stereocenters. The van der Waals surface area contributed by atoms with Crippen molar-refractivity contribution in [3.05, 3.63) is 0 Å². The Kier molecular flexibility index (Phi) is 64.6. The van der Waals surface area contributed by atoms with E-state index in [0.717, 1.165) is 108 Å². The quantitative estimate of drug-likeness (QED) is 0.0222. The minimum atomic E-state index is -4.95. The summed E-state index contributed by atoms with van der Waals surface area (Å²) >= 11 is 0. The third-order valence-electron chi connectivity index (χ3n) is 17.2. The predicted octanol–water partition coefficient (Wildman–Crippen LogP) is 21.6. The molecule has 0 aromatic rings. The molecule has 19 heteroatoms. The van der Waals surface area contributed by atoms with E-state index in [9.17, 15) is 43.2 Å². The number of aliphatic hydroxyl groups excluding tert-OH is 1. The van der Waals surface area contributed by atoms with Gasteiger partial charge in [0.1, 0.15) is 19.3 Å². The molecule has 0 aliphatic rings. The minimum Gasteiger partial charge on any atom is -0.462 e. The number of carbonyl (C=O) groups is 4. The Bertz CT molecular complexity index is 1800. The summed E-state index contributed by atoms with van der Waals surface area (Å²) < 4.78 is 68.4. The Labute approximate surface area is 568 Å². The fraction of sp³-hybridized carbons (Fsp3) is 0.946. The molecule has 0 spiro atoms. The summed E-state index contributed by atoms with van der Waals surface area (Å²) in [6.45, 7) is 9.53. The molecule has 0 amide bonds. The molecule has 17 nitrogen and oxygen atoms in total. The highest BCUT2D eigenvalue weighted by atomic mass is 31.2. The van der Waals surface area contributed by atoms with Gasteiger partial charge in [-0.15, -0.1) is 0 Å². The van der Waals surface area contributed by atoms with Gasteiger partial charge < -0.3 is 33.8 Å². The van der Waals surface area contributed by atoms with E-state index >= 15 is 0 Å². The van der Waals surface area contributed by atoms with E-state index in [1.165, 1.54) is 193 Å². The van der Waals surface area contributed by atoms with E-state index in [1.54, 1.807) is 0 Å². The highest BCUT2D eigenvalue weighted by Gasteiger charge is 2.30. The lowest BCUT2D eigenvalue weighted by Gasteiger charge is -2.21. The lowest BCUT2D eigenvalue weighted by molar-refractivity contribution is -0.161. The lowest BCUT2D eigenvalue weighted by Crippen LogP contribution is -2.30. The molecule has 0 saturated carbocycles. The monoisotopic (exact) mass is 1370 g/mol. The van der Waals surface area contributed by atoms with Gasteiger partial charge >= 0.3 is 39.5 Å². The van der Waals surface area contributed by atoms with Crippen molar-refractivity contribution < 1.29 is 80.2 Å². The number of phosphoric acid groups is 2. The van der Waals surface area contributed by atoms with Gasteiger partial charge in [-0.25, -0.2) is 9.13 Å². The number of phosphoric ester groups is 2. The fourth-order valence-electron chi connectivity index (χ4n) is 11.3. The first kappa shape index (κ1) is 91.1. The number of carbonyl (C=O) groups excluding carboxylic acids is 4. The van der Waals surface area contributed by atoms with Crippen molar-refractivity contribution >= 4 is 39.5 Å². The van der Waals surface area contributed by atoms with Crippen LogP contribution in [0, 0.1) is 11.8 Å². The topological polar surface area (TPSA) is 237 Å². The van der Waals surface area contributed by atoms with Crippen LogP contribution in [0.2, 0.25) is 0 Å². The van der Waals surface area contributed by atoms with Crippen LogP contribution in [0.15, 0.2) is 0 Å². The smallest absolute Gasteiger partial charge is 0.462 e. The van der Waals surface area contributed by atoms with E-state index < -0.39 is 97.5 Å². The molecule has 3 N–H and O–H groups in total. The molecule has 0 rings (SSSR count). The van der Waals surface area contributed by atoms with Crippen LogP contribution in [0.3, 0.4) is 0 Å². The first-order chi connectivity index (χ1) is 44.9. The zero-order valence-electron chi connectivity index (χ0n) is 60.6. The Hall–Kier alpha value is -1.94. The van der Waals surface area contributed by atoms with Crippen LogP contribution in [-0.4, -0.2) is 96.7 Å². The van der Waals surface area contributed by atoms with Crippen molar-refractivity contribution in [2.45, 2.75) is 400 Å². The maximum Gasteiger partial charge on any atom is 0.472 e. The van der Waals surface area contributed by atoms with Gasteiger partial charge in [0.05, 0.1) is 26.4 Å². The summed E-state index contributed by atoms with van der Waals surface area (Å²) in [4.78, 5) is 72.6. The van der Waals surface area contributed by atoms with Crippen molar-refractivity contribution in [1.82, 2.24) is 0 Å². The summed E-state index contributed by atoms with van der Waals surface area (Å²) in [5.74, 6) is -0.614. The minimum absolute atomic E-state index is 0.105. The molecule has 0 aliphatic heterocycles. The standard InChI is InChI=1S/C74H144O17P2/c1-7-9-11-13-15-17-18-19-20-21-22-23-24-25-28-34-40-46-52-58-73(78)90-70(63-85-72(77)57-51-45-39-33-29-26-27-31-36-42-48-54-66(3)4)65-89-93(82,83)87-61-68(75)60-86-92(80,81)88-64-69(62-84-71(76)56-50-44-38-16-14-12-10-8-2)91-74(79)59-53-47-41-35-30-32-37-43-49-55-67(5)6/h66-70,75H,7-65H2,1-6H3,(H,80,81)(H,82,83)/t68-,69+,70+/m0/s1. The lowest BCUT2D eigenvalue weighted by atomic mass is 10.0. The van der Waals surface area contributed by atoms with Gasteiger partial charge in [-0.3, -0.25) is 37.3 Å². The highest BCUT2D eigenvalue weighted by molar-refractivity contribution is 7.47. The third kappa shape index (κ3) is 68.4. The van der Waals surface area contributed by atoms with Crippen LogP contribution in [0.5, 0.6) is 0 Å². The molecular formula is C74H144O17P2. The molecule has 93 heavy (non-hydrogen) atoms. The molecule has 0 fully saturated rings. The largest absolute Gasteiger partial charge is 0.472 e. The average Bonchev–Trinajstić information content (AvgIpc) is 2.18. The molecule has 0 bridgehead atoms. The first-order valence-electron chi connectivity index (χ1n) is 38.5. The van der Waals surface area contributed by atoms with Gasteiger partial charge in [0.25, 0.3) is 0 Å². The van der Waals surface area contributed by atoms with Crippen LogP contribution in [-0.2, 0) is 65.4 Å².